The molecule has 0 saturated carbocycles. The molecule has 84 valence electrons. The van der Waals surface area contributed by atoms with Gasteiger partial charge in [-0.1, -0.05) is 0 Å². The van der Waals surface area contributed by atoms with Crippen molar-refractivity contribution >= 4 is 6.09 Å². The molecule has 1 N–H and O–H groups in total. The zero-order chi connectivity index (χ0) is 11.5. The minimum atomic E-state index is -0.361. The standard InChI is InChI=1S/C12H14N2O2/c1-9(2)16-12(15)14-8-4-5-10-11(14)6-3-7-13-10/h3-9,13H,1-2H3. The van der Waals surface area contributed by atoms with Gasteiger partial charge in [0, 0.05) is 12.4 Å². The molecule has 16 heavy (non-hydrogen) atoms. The van der Waals surface area contributed by atoms with Gasteiger partial charge >= 0.3 is 6.09 Å². The lowest BCUT2D eigenvalue weighted by Crippen LogP contribution is -2.33. The van der Waals surface area contributed by atoms with Crippen LogP contribution in [0.4, 0.5) is 4.79 Å². The lowest BCUT2D eigenvalue weighted by Gasteiger charge is -2.27. The van der Waals surface area contributed by atoms with E-state index in [-0.39, 0.29) is 12.2 Å². The number of hydrogen-bond donors (Lipinski definition) is 1. The average Bonchev–Trinajstić information content (AvgIpc) is 2.27. The third kappa shape index (κ3) is 2.00. The minimum Gasteiger partial charge on any atom is -0.446 e. The zero-order valence-corrected chi connectivity index (χ0v) is 9.31. The highest BCUT2D eigenvalue weighted by Crippen LogP contribution is 2.22. The molecule has 1 amide bonds. The molecule has 2 aliphatic rings. The van der Waals surface area contributed by atoms with Gasteiger partial charge in [0.25, 0.3) is 0 Å². The number of dihydropyridines is 1. The first kappa shape index (κ1) is 10.5. The van der Waals surface area contributed by atoms with Crippen LogP contribution in [-0.4, -0.2) is 17.1 Å². The van der Waals surface area contributed by atoms with Crippen molar-refractivity contribution in [3.63, 3.8) is 0 Å². The van der Waals surface area contributed by atoms with Crippen LogP contribution >= 0.6 is 0 Å². The maximum absolute atomic E-state index is 11.8. The van der Waals surface area contributed by atoms with Crippen LogP contribution < -0.4 is 5.32 Å². The van der Waals surface area contributed by atoms with Gasteiger partial charge in [0.05, 0.1) is 17.5 Å². The van der Waals surface area contributed by atoms with Crippen LogP contribution in [0.25, 0.3) is 0 Å². The van der Waals surface area contributed by atoms with Crippen LogP contribution in [0.3, 0.4) is 0 Å². The van der Waals surface area contributed by atoms with E-state index in [1.807, 2.05) is 38.3 Å². The Morgan fingerprint density at radius 2 is 2.19 bits per heavy atom. The number of nitrogens with zero attached hydrogens (tertiary/aromatic N) is 1. The molecule has 0 fully saturated rings. The highest BCUT2D eigenvalue weighted by atomic mass is 16.6. The summed E-state index contributed by atoms with van der Waals surface area (Å²) in [6.45, 7) is 3.66. The second-order valence-electron chi connectivity index (χ2n) is 3.78. The highest BCUT2D eigenvalue weighted by Gasteiger charge is 2.23. The van der Waals surface area contributed by atoms with Crippen LogP contribution in [-0.2, 0) is 4.74 Å². The number of ether oxygens (including phenoxy) is 1. The van der Waals surface area contributed by atoms with E-state index in [0.29, 0.717) is 0 Å². The fourth-order valence-corrected chi connectivity index (χ4v) is 1.51. The number of allylic oxidation sites excluding steroid dienone is 4. The predicted molar refractivity (Wildman–Crippen MR) is 61.0 cm³/mol. The molecule has 2 heterocycles. The van der Waals surface area contributed by atoms with Crippen molar-refractivity contribution in [2.75, 3.05) is 0 Å². The summed E-state index contributed by atoms with van der Waals surface area (Å²) < 4.78 is 5.15. The Morgan fingerprint density at radius 3 is 2.94 bits per heavy atom. The fourth-order valence-electron chi connectivity index (χ4n) is 1.51. The number of amides is 1. The summed E-state index contributed by atoms with van der Waals surface area (Å²) in [7, 11) is 0. The number of hydrogen-bond acceptors (Lipinski definition) is 3. The number of fused-ring (bicyclic) bond motifs is 1. The second kappa shape index (κ2) is 4.26. The molecule has 0 aromatic rings. The quantitative estimate of drug-likeness (QED) is 0.734. The molecule has 4 heteroatoms. The summed E-state index contributed by atoms with van der Waals surface area (Å²) >= 11 is 0. The first-order chi connectivity index (χ1) is 7.68. The van der Waals surface area contributed by atoms with Gasteiger partial charge in [0.1, 0.15) is 0 Å². The molecule has 4 nitrogen and oxygen atoms in total. The Morgan fingerprint density at radius 1 is 1.38 bits per heavy atom. The molecule has 0 atom stereocenters. The molecule has 2 rings (SSSR count). The summed E-state index contributed by atoms with van der Waals surface area (Å²) in [6.07, 6.45) is 10.5. The number of carbonyl (C=O) groups is 1. The summed E-state index contributed by atoms with van der Waals surface area (Å²) in [5.41, 5.74) is 1.70. The van der Waals surface area contributed by atoms with Gasteiger partial charge < -0.3 is 10.1 Å². The van der Waals surface area contributed by atoms with Crippen molar-refractivity contribution in [3.8, 4) is 0 Å². The molecule has 0 aliphatic carbocycles. The van der Waals surface area contributed by atoms with Crippen molar-refractivity contribution in [1.29, 1.82) is 0 Å². The normalized spacial score (nSPS) is 17.6. The predicted octanol–water partition coefficient (Wildman–Crippen LogP) is 2.25. The highest BCUT2D eigenvalue weighted by molar-refractivity contribution is 5.74. The molecule has 0 saturated heterocycles. The van der Waals surface area contributed by atoms with E-state index < -0.39 is 0 Å². The average molecular weight is 218 g/mol. The van der Waals surface area contributed by atoms with Crippen molar-refractivity contribution in [2.24, 2.45) is 0 Å². The van der Waals surface area contributed by atoms with Gasteiger partial charge in [0.15, 0.2) is 0 Å². The van der Waals surface area contributed by atoms with E-state index >= 15 is 0 Å². The molecular formula is C12H14N2O2. The Hall–Kier alpha value is -1.97. The Bertz CT molecular complexity index is 417. The molecule has 0 bridgehead atoms. The number of carbonyl (C=O) groups excluding carboxylic acids is 1. The van der Waals surface area contributed by atoms with Crippen LogP contribution in [0, 0.1) is 0 Å². The molecular weight excluding hydrogens is 204 g/mol. The molecule has 2 aliphatic heterocycles. The van der Waals surface area contributed by atoms with Crippen molar-refractivity contribution in [1.82, 2.24) is 10.2 Å². The molecule has 0 spiro atoms. The number of nitrogens with one attached hydrogen (secondary N) is 1. The Labute approximate surface area is 94.6 Å². The second-order valence-corrected chi connectivity index (χ2v) is 3.78. The van der Waals surface area contributed by atoms with Gasteiger partial charge in [-0.15, -0.1) is 0 Å². The van der Waals surface area contributed by atoms with E-state index in [1.54, 1.807) is 12.3 Å². The van der Waals surface area contributed by atoms with Gasteiger partial charge in [-0.05, 0) is 38.2 Å². The topological polar surface area (TPSA) is 41.6 Å². The SMILES string of the molecule is CC(C)OC(=O)N1C=CC=C2NC=CC=C21. The van der Waals surface area contributed by atoms with Crippen LogP contribution in [0.2, 0.25) is 0 Å². The zero-order valence-electron chi connectivity index (χ0n) is 9.31. The maximum Gasteiger partial charge on any atom is 0.418 e. The summed E-state index contributed by atoms with van der Waals surface area (Å²) in [5.74, 6) is 0. The van der Waals surface area contributed by atoms with Crippen LogP contribution in [0.15, 0.2) is 48.1 Å². The maximum atomic E-state index is 11.8. The Kier molecular flexibility index (Phi) is 2.81. The van der Waals surface area contributed by atoms with Crippen LogP contribution in [0.1, 0.15) is 13.8 Å². The van der Waals surface area contributed by atoms with E-state index in [9.17, 15) is 4.79 Å². The van der Waals surface area contributed by atoms with Gasteiger partial charge in [-0.3, -0.25) is 4.90 Å². The third-order valence-corrected chi connectivity index (χ3v) is 2.16. The molecule has 0 unspecified atom stereocenters. The fraction of sp³-hybridized carbons (Fsp3) is 0.250. The lowest BCUT2D eigenvalue weighted by molar-refractivity contribution is 0.0962. The Balaban J connectivity index is 2.19. The summed E-state index contributed by atoms with van der Waals surface area (Å²) in [5, 5.41) is 3.07. The molecule has 0 aromatic carbocycles. The van der Waals surface area contributed by atoms with E-state index in [0.717, 1.165) is 11.4 Å². The molecule has 0 aromatic heterocycles. The minimum absolute atomic E-state index is 0.122. The third-order valence-electron chi connectivity index (χ3n) is 2.16. The van der Waals surface area contributed by atoms with E-state index in [1.165, 1.54) is 4.90 Å². The van der Waals surface area contributed by atoms with Crippen molar-refractivity contribution < 1.29 is 9.53 Å². The largest absolute Gasteiger partial charge is 0.446 e. The monoisotopic (exact) mass is 218 g/mol. The van der Waals surface area contributed by atoms with Gasteiger partial charge in [-0.2, -0.15) is 0 Å². The molecule has 0 radical (unpaired) electrons. The van der Waals surface area contributed by atoms with Gasteiger partial charge in [0.2, 0.25) is 0 Å². The van der Waals surface area contributed by atoms with Gasteiger partial charge in [-0.25, -0.2) is 4.79 Å². The summed E-state index contributed by atoms with van der Waals surface area (Å²) in [6, 6.07) is 0. The first-order valence-electron chi connectivity index (χ1n) is 5.20. The van der Waals surface area contributed by atoms with E-state index in [2.05, 4.69) is 5.32 Å². The van der Waals surface area contributed by atoms with Crippen molar-refractivity contribution in [3.05, 3.63) is 48.1 Å². The lowest BCUT2D eigenvalue weighted by atomic mass is 10.2. The van der Waals surface area contributed by atoms with Crippen molar-refractivity contribution in [2.45, 2.75) is 20.0 Å². The summed E-state index contributed by atoms with van der Waals surface area (Å²) in [4.78, 5) is 13.3. The smallest absolute Gasteiger partial charge is 0.418 e. The van der Waals surface area contributed by atoms with E-state index in [4.69, 9.17) is 4.74 Å². The van der Waals surface area contributed by atoms with Crippen LogP contribution in [0.5, 0.6) is 0 Å². The first-order valence-corrected chi connectivity index (χ1v) is 5.20. The number of rotatable bonds is 1.